The van der Waals surface area contributed by atoms with Crippen molar-refractivity contribution in [3.8, 4) is 5.75 Å². The lowest BCUT2D eigenvalue weighted by Crippen LogP contribution is -2.35. The average Bonchev–Trinajstić information content (AvgIpc) is 2.41. The van der Waals surface area contributed by atoms with Crippen molar-refractivity contribution in [3.63, 3.8) is 0 Å². The van der Waals surface area contributed by atoms with E-state index in [1.165, 1.54) is 0 Å². The lowest BCUT2D eigenvalue weighted by atomic mass is 9.63. The summed E-state index contributed by atoms with van der Waals surface area (Å²) in [5, 5.41) is 0. The van der Waals surface area contributed by atoms with Gasteiger partial charge in [-0.25, -0.2) is 26.3 Å². The van der Waals surface area contributed by atoms with Crippen molar-refractivity contribution in [1.29, 1.82) is 0 Å². The lowest BCUT2D eigenvalue weighted by Gasteiger charge is -2.11. The van der Waals surface area contributed by atoms with Crippen molar-refractivity contribution in [2.24, 2.45) is 0 Å². The molecule has 0 unspecified atom stereocenters. The number of hydrogen-bond acceptors (Lipinski definition) is 1. The Morgan fingerprint density at radius 2 is 1.48 bits per heavy atom. The minimum Gasteiger partial charge on any atom is -0.494 e. The predicted octanol–water partition coefficient (Wildman–Crippen LogP) is 2.18. The number of ether oxygens (including phenoxy) is 1. The van der Waals surface area contributed by atoms with E-state index in [-0.39, 0.29) is 11.5 Å². The van der Waals surface area contributed by atoms with E-state index in [9.17, 15) is 26.3 Å². The van der Waals surface area contributed by atoms with Crippen LogP contribution in [0, 0.1) is 34.9 Å². The molecule has 2 rings (SSSR count). The summed E-state index contributed by atoms with van der Waals surface area (Å²) >= 11 is 0. The summed E-state index contributed by atoms with van der Waals surface area (Å²) in [6.07, 6.45) is 0. The van der Waals surface area contributed by atoms with E-state index in [1.807, 2.05) is 0 Å². The third-order valence-corrected chi connectivity index (χ3v) is 2.69. The smallest absolute Gasteiger partial charge is 0.204 e. The van der Waals surface area contributed by atoms with Crippen molar-refractivity contribution >= 4 is 18.2 Å². The molecule has 0 aromatic heterocycles. The second kappa shape index (κ2) is 5.71. The van der Waals surface area contributed by atoms with Crippen LogP contribution in [0.4, 0.5) is 26.3 Å². The van der Waals surface area contributed by atoms with Gasteiger partial charge in [-0.2, -0.15) is 0 Å². The molecule has 2 aromatic carbocycles. The molecular weight excluding hydrogens is 297 g/mol. The van der Waals surface area contributed by atoms with Crippen LogP contribution in [0.3, 0.4) is 0 Å². The molecule has 0 heterocycles. The van der Waals surface area contributed by atoms with Gasteiger partial charge in [0.05, 0.1) is 7.11 Å². The molecule has 2 aromatic rings. The number of halogens is 6. The van der Waals surface area contributed by atoms with Crippen LogP contribution in [-0.2, 0) is 0 Å². The fourth-order valence-corrected chi connectivity index (χ4v) is 1.77. The van der Waals surface area contributed by atoms with Crippen LogP contribution < -0.4 is 15.7 Å². The second-order valence-electron chi connectivity index (χ2n) is 4.04. The van der Waals surface area contributed by atoms with Gasteiger partial charge < -0.3 is 4.74 Å². The summed E-state index contributed by atoms with van der Waals surface area (Å²) in [6.45, 7) is 0. The minimum atomic E-state index is -1.89. The SMILES string of the molecule is COc1c(F)cc(F)cc1[B]c1c(F)cc(F)c(F)c1F. The first-order chi connectivity index (χ1) is 9.85. The molecule has 0 atom stereocenters. The third-order valence-electron chi connectivity index (χ3n) is 2.69. The van der Waals surface area contributed by atoms with Crippen molar-refractivity contribution in [2.75, 3.05) is 7.11 Å². The zero-order chi connectivity index (χ0) is 15.7. The van der Waals surface area contributed by atoms with Gasteiger partial charge in [0.2, 0.25) is 7.28 Å². The standard InChI is InChI=1S/C13H6BF6O/c1-21-13-6(2-5(15)3-9(13)18)14-10-7(16)4-8(17)11(19)12(10)20/h2-4H,1H3. The van der Waals surface area contributed by atoms with Gasteiger partial charge in [-0.3, -0.25) is 0 Å². The van der Waals surface area contributed by atoms with Gasteiger partial charge in [-0.05, 0) is 17.0 Å². The first-order valence-electron chi connectivity index (χ1n) is 5.56. The van der Waals surface area contributed by atoms with Crippen LogP contribution in [0.1, 0.15) is 0 Å². The number of hydrogen-bond donors (Lipinski definition) is 0. The van der Waals surface area contributed by atoms with Crippen LogP contribution >= 0.6 is 0 Å². The molecule has 0 aliphatic heterocycles. The van der Waals surface area contributed by atoms with Crippen LogP contribution in [0.25, 0.3) is 0 Å². The van der Waals surface area contributed by atoms with Gasteiger partial charge in [0.15, 0.2) is 23.3 Å². The number of rotatable bonds is 3. The van der Waals surface area contributed by atoms with Crippen LogP contribution in [0.2, 0.25) is 0 Å². The molecule has 0 saturated carbocycles. The monoisotopic (exact) mass is 303 g/mol. The first-order valence-corrected chi connectivity index (χ1v) is 5.56. The van der Waals surface area contributed by atoms with E-state index in [0.717, 1.165) is 13.2 Å². The van der Waals surface area contributed by atoms with Crippen molar-refractivity contribution in [2.45, 2.75) is 0 Å². The normalized spacial score (nSPS) is 10.6. The van der Waals surface area contributed by atoms with E-state index < -0.39 is 46.1 Å². The van der Waals surface area contributed by atoms with Gasteiger partial charge in [-0.15, -0.1) is 0 Å². The van der Waals surface area contributed by atoms with Gasteiger partial charge >= 0.3 is 0 Å². The van der Waals surface area contributed by atoms with E-state index >= 15 is 0 Å². The molecule has 0 amide bonds. The number of methoxy groups -OCH3 is 1. The van der Waals surface area contributed by atoms with Gasteiger partial charge in [0.1, 0.15) is 17.4 Å². The Bertz CT molecular complexity index is 704. The van der Waals surface area contributed by atoms with Crippen molar-refractivity contribution in [1.82, 2.24) is 0 Å². The zero-order valence-corrected chi connectivity index (χ0v) is 10.5. The molecule has 0 spiro atoms. The van der Waals surface area contributed by atoms with E-state index in [0.29, 0.717) is 13.3 Å². The molecule has 0 bridgehead atoms. The number of benzene rings is 2. The lowest BCUT2D eigenvalue weighted by molar-refractivity contribution is 0.388. The molecular formula is C13H6BF6O. The molecule has 21 heavy (non-hydrogen) atoms. The summed E-state index contributed by atoms with van der Waals surface area (Å²) in [7, 11) is 1.68. The Labute approximate surface area is 116 Å². The maximum Gasteiger partial charge on any atom is 0.204 e. The van der Waals surface area contributed by atoms with Gasteiger partial charge in [-0.1, -0.05) is 0 Å². The molecule has 0 saturated heterocycles. The Balaban J connectivity index is 2.56. The van der Waals surface area contributed by atoms with Crippen LogP contribution in [-0.4, -0.2) is 14.4 Å². The minimum absolute atomic E-state index is 0.131. The summed E-state index contributed by atoms with van der Waals surface area (Å²) in [6, 6.07) is 1.38. The molecule has 8 heteroatoms. The molecule has 1 radical (unpaired) electrons. The predicted molar refractivity (Wildman–Crippen MR) is 64.2 cm³/mol. The molecule has 0 N–H and O–H groups in total. The van der Waals surface area contributed by atoms with Gasteiger partial charge in [0.25, 0.3) is 0 Å². The highest BCUT2D eigenvalue weighted by Crippen LogP contribution is 2.16. The Morgan fingerprint density at radius 1 is 0.810 bits per heavy atom. The zero-order valence-electron chi connectivity index (χ0n) is 10.5. The summed E-state index contributed by atoms with van der Waals surface area (Å²) in [5.74, 6) is -9.44. The highest BCUT2D eigenvalue weighted by Gasteiger charge is 2.22. The molecule has 0 aliphatic rings. The summed E-state index contributed by atoms with van der Waals surface area (Å²) in [4.78, 5) is 0. The maximum atomic E-state index is 13.5. The van der Waals surface area contributed by atoms with Gasteiger partial charge in [0, 0.05) is 12.1 Å². The van der Waals surface area contributed by atoms with Crippen LogP contribution in [0.5, 0.6) is 5.75 Å². The van der Waals surface area contributed by atoms with Crippen molar-refractivity contribution in [3.05, 3.63) is 53.1 Å². The quantitative estimate of drug-likeness (QED) is 0.365. The third kappa shape index (κ3) is 2.84. The molecule has 0 fully saturated rings. The highest BCUT2D eigenvalue weighted by molar-refractivity contribution is 6.68. The summed E-state index contributed by atoms with van der Waals surface area (Å²) in [5.41, 5.74) is -1.34. The largest absolute Gasteiger partial charge is 0.494 e. The molecule has 109 valence electrons. The average molecular weight is 303 g/mol. The van der Waals surface area contributed by atoms with E-state index in [1.54, 1.807) is 0 Å². The van der Waals surface area contributed by atoms with E-state index in [2.05, 4.69) is 4.74 Å². The fourth-order valence-electron chi connectivity index (χ4n) is 1.77. The van der Waals surface area contributed by atoms with E-state index in [4.69, 9.17) is 0 Å². The summed E-state index contributed by atoms with van der Waals surface area (Å²) < 4.78 is 84.2. The van der Waals surface area contributed by atoms with Crippen molar-refractivity contribution < 1.29 is 31.1 Å². The Hall–Kier alpha value is -2.12. The fraction of sp³-hybridized carbons (Fsp3) is 0.0769. The van der Waals surface area contributed by atoms with Crippen LogP contribution in [0.15, 0.2) is 18.2 Å². The highest BCUT2D eigenvalue weighted by atomic mass is 19.2. The first kappa shape index (κ1) is 15.3. The Morgan fingerprint density at radius 3 is 2.10 bits per heavy atom. The second-order valence-corrected chi connectivity index (χ2v) is 4.04. The Kier molecular flexibility index (Phi) is 4.15. The maximum absolute atomic E-state index is 13.5. The topological polar surface area (TPSA) is 9.23 Å². The molecule has 0 aliphatic carbocycles. The molecule has 1 nitrogen and oxygen atoms in total.